The number of carboxylic acid groups (broad SMARTS) is 2. The molecule has 0 aliphatic heterocycles. The van der Waals surface area contributed by atoms with E-state index in [2.05, 4.69) is 15.3 Å². The van der Waals surface area contributed by atoms with Crippen molar-refractivity contribution in [3.63, 3.8) is 0 Å². The fourth-order valence-corrected chi connectivity index (χ4v) is 4.37. The first-order valence-corrected chi connectivity index (χ1v) is 15.3. The van der Waals surface area contributed by atoms with Crippen LogP contribution in [0.5, 0.6) is 5.75 Å². The van der Waals surface area contributed by atoms with E-state index in [1.807, 2.05) is 93.7 Å². The Morgan fingerprint density at radius 2 is 1.42 bits per heavy atom. The minimum absolute atomic E-state index is 0.243. The van der Waals surface area contributed by atoms with E-state index in [1.165, 1.54) is 0 Å². The molecule has 4 aromatic rings. The molecule has 0 aliphatic carbocycles. The monoisotopic (exact) mass is 742 g/mol. The summed E-state index contributed by atoms with van der Waals surface area (Å²) in [5.41, 5.74) is 4.32. The number of aliphatic carboxylic acids is 2. The molecule has 4 rings (SSSR count). The van der Waals surface area contributed by atoms with E-state index >= 15 is 0 Å². The normalized spacial score (nSPS) is 11.4. The number of pyridine rings is 1. The lowest BCUT2D eigenvalue weighted by atomic mass is 10.0. The SMILES string of the molecule is CCc1c(C(=O)OC(C)(C)C)[nH]c(C[NH2+]c2ccc(OC)cc2)c1C(=O)NCc1ccc2ccccc2[nH+]1.O=C([O-])C(F)(F)F.O=C([O-])C(F)(F)F. The highest BCUT2D eigenvalue weighted by Gasteiger charge is 2.30. The number of hydrogen-bond acceptors (Lipinski definition) is 8. The average Bonchev–Trinajstić information content (AvgIpc) is 3.44. The molecule has 1 amide bonds. The van der Waals surface area contributed by atoms with Gasteiger partial charge in [-0.2, -0.15) is 26.3 Å². The molecule has 2 aromatic carbocycles. The first kappa shape index (κ1) is 42.5. The summed E-state index contributed by atoms with van der Waals surface area (Å²) in [6.07, 6.45) is -9.89. The maximum Gasteiger partial charge on any atom is 0.430 e. The minimum atomic E-state index is -5.19. The Morgan fingerprint density at radius 1 is 0.865 bits per heavy atom. The van der Waals surface area contributed by atoms with E-state index in [4.69, 9.17) is 29.3 Å². The number of nitrogens with two attached hydrogens (primary N) is 1. The van der Waals surface area contributed by atoms with Crippen LogP contribution in [-0.2, 0) is 33.8 Å². The van der Waals surface area contributed by atoms with Crippen LogP contribution in [0.15, 0.2) is 60.7 Å². The number of carboxylic acids is 2. The van der Waals surface area contributed by atoms with E-state index in [1.54, 1.807) is 7.11 Å². The number of methoxy groups -OCH3 is 1. The number of H-pyrrole nitrogens is 2. The zero-order chi connectivity index (χ0) is 39.4. The molecule has 0 atom stereocenters. The first-order valence-electron chi connectivity index (χ1n) is 15.3. The van der Waals surface area contributed by atoms with Crippen molar-refractivity contribution in [3.05, 3.63) is 88.9 Å². The van der Waals surface area contributed by atoms with Gasteiger partial charge in [0.05, 0.1) is 18.4 Å². The summed E-state index contributed by atoms with van der Waals surface area (Å²) >= 11 is 0. The summed E-state index contributed by atoms with van der Waals surface area (Å²) in [6, 6.07) is 19.7. The second-order valence-electron chi connectivity index (χ2n) is 11.7. The number of fused-ring (bicyclic) bond motifs is 1. The van der Waals surface area contributed by atoms with E-state index in [-0.39, 0.29) is 5.91 Å². The van der Waals surface area contributed by atoms with Crippen LogP contribution in [0.1, 0.15) is 65.5 Å². The molecule has 0 aliphatic rings. The number of para-hydroxylation sites is 1. The number of hydrogen-bond donors (Lipinski definition) is 3. The molecule has 0 radical (unpaired) electrons. The van der Waals surface area contributed by atoms with Gasteiger partial charge in [0.1, 0.15) is 47.8 Å². The van der Waals surface area contributed by atoms with E-state index in [0.29, 0.717) is 42.0 Å². The number of aromatic amines is 2. The fourth-order valence-electron chi connectivity index (χ4n) is 4.37. The molecule has 52 heavy (non-hydrogen) atoms. The van der Waals surface area contributed by atoms with Gasteiger partial charge >= 0.3 is 18.3 Å². The zero-order valence-corrected chi connectivity index (χ0v) is 28.5. The molecule has 2 aromatic heterocycles. The number of halogens is 6. The van der Waals surface area contributed by atoms with Crippen LogP contribution in [-0.4, -0.2) is 53.9 Å². The lowest BCUT2D eigenvalue weighted by Crippen LogP contribution is -2.76. The number of ether oxygens (including phenoxy) is 2. The van der Waals surface area contributed by atoms with Gasteiger partial charge in [-0.05, 0) is 57.0 Å². The van der Waals surface area contributed by atoms with Gasteiger partial charge in [0.25, 0.3) is 5.91 Å². The summed E-state index contributed by atoms with van der Waals surface area (Å²) in [5.74, 6) is -5.96. The van der Waals surface area contributed by atoms with E-state index in [9.17, 15) is 35.9 Å². The quantitative estimate of drug-likeness (QED) is 0.132. The number of alkyl halides is 6. The number of benzene rings is 2. The van der Waals surface area contributed by atoms with E-state index < -0.39 is 35.9 Å². The van der Waals surface area contributed by atoms with Crippen LogP contribution in [0.25, 0.3) is 10.9 Å². The fraction of sp³-hybridized carbons (Fsp3) is 0.324. The molecule has 5 N–H and O–H groups in total. The van der Waals surface area contributed by atoms with Crippen molar-refractivity contribution < 1.29 is 75.5 Å². The van der Waals surface area contributed by atoms with Gasteiger partial charge in [0.15, 0.2) is 5.69 Å². The number of carbonyl (C=O) groups excluding carboxylic acids is 4. The predicted molar refractivity (Wildman–Crippen MR) is 167 cm³/mol. The lowest BCUT2D eigenvalue weighted by molar-refractivity contribution is -0.589. The van der Waals surface area contributed by atoms with Gasteiger partial charge in [0.2, 0.25) is 5.52 Å². The van der Waals surface area contributed by atoms with Crippen molar-refractivity contribution in [1.82, 2.24) is 10.3 Å². The molecule has 282 valence electrons. The number of nitrogens with one attached hydrogen (secondary N) is 3. The van der Waals surface area contributed by atoms with Crippen molar-refractivity contribution in [2.45, 2.75) is 65.2 Å². The van der Waals surface area contributed by atoms with Gasteiger partial charge in [0, 0.05) is 29.7 Å². The van der Waals surface area contributed by atoms with Crippen LogP contribution in [0, 0.1) is 0 Å². The number of aromatic nitrogens is 2. The number of quaternary nitrogens is 1. The molecule has 0 spiro atoms. The Morgan fingerprint density at radius 3 is 1.92 bits per heavy atom. The standard InChI is InChI=1S/C30H34N4O4.2C2HF3O2/c1-6-23-26(28(35)32-17-21-12-11-19-9-7-8-10-24(19)33-21)25(34-27(23)29(36)38-30(2,3)4)18-31-20-13-15-22(37-5)16-14-20;2*3-2(4,5)1(6)7/h7-16,31,34H,6,17-18H2,1-5H3,(H,32,35);2*(H,6,7). The van der Waals surface area contributed by atoms with Gasteiger partial charge in [-0.1, -0.05) is 19.1 Å². The van der Waals surface area contributed by atoms with Crippen LogP contribution in [0.3, 0.4) is 0 Å². The Bertz CT molecular complexity index is 1830. The summed E-state index contributed by atoms with van der Waals surface area (Å²) in [6.45, 7) is 8.17. The number of carbonyl (C=O) groups is 4. The smallest absolute Gasteiger partial charge is 0.430 e. The molecule has 0 fully saturated rings. The first-order chi connectivity index (χ1) is 24.1. The highest BCUT2D eigenvalue weighted by Crippen LogP contribution is 2.23. The van der Waals surface area contributed by atoms with Crippen molar-refractivity contribution >= 4 is 40.4 Å². The minimum Gasteiger partial charge on any atom is -0.542 e. The van der Waals surface area contributed by atoms with Crippen molar-refractivity contribution in [2.24, 2.45) is 0 Å². The third-order valence-corrected chi connectivity index (χ3v) is 6.64. The molecule has 0 unspecified atom stereocenters. The van der Waals surface area contributed by atoms with E-state index in [0.717, 1.165) is 28.0 Å². The van der Waals surface area contributed by atoms with Crippen LogP contribution in [0.4, 0.5) is 32.0 Å². The summed E-state index contributed by atoms with van der Waals surface area (Å²) in [4.78, 5) is 50.8. The predicted octanol–water partition coefficient (Wildman–Crippen LogP) is 2.43. The second kappa shape index (κ2) is 18.0. The van der Waals surface area contributed by atoms with Gasteiger partial charge in [-0.25, -0.2) is 9.78 Å². The number of amides is 1. The maximum atomic E-state index is 13.6. The third-order valence-electron chi connectivity index (χ3n) is 6.64. The van der Waals surface area contributed by atoms with Crippen LogP contribution in [0.2, 0.25) is 0 Å². The summed E-state index contributed by atoms with van der Waals surface area (Å²) in [5, 5.41) is 23.7. The average molecular weight is 743 g/mol. The molecule has 0 saturated heterocycles. The Balaban J connectivity index is 0.000000564. The molecule has 12 nitrogen and oxygen atoms in total. The van der Waals surface area contributed by atoms with Crippen molar-refractivity contribution in [1.29, 1.82) is 0 Å². The molecule has 18 heteroatoms. The second-order valence-corrected chi connectivity index (χ2v) is 11.7. The zero-order valence-electron chi connectivity index (χ0n) is 28.5. The largest absolute Gasteiger partial charge is 0.542 e. The van der Waals surface area contributed by atoms with Crippen molar-refractivity contribution in [3.8, 4) is 5.75 Å². The molecule has 0 saturated carbocycles. The van der Waals surface area contributed by atoms with Gasteiger partial charge < -0.3 is 44.9 Å². The Labute approximate surface area is 293 Å². The molecule has 2 heterocycles. The molecule has 0 bridgehead atoms. The number of rotatable bonds is 9. The topological polar surface area (TPSA) is 191 Å². The van der Waals surface area contributed by atoms with Crippen LogP contribution >= 0.6 is 0 Å². The molecular weight excluding hydrogens is 706 g/mol. The Kier molecular flexibility index (Phi) is 14.7. The molecular formula is C34H36F6N4O8. The van der Waals surface area contributed by atoms with Gasteiger partial charge in [-0.3, -0.25) is 4.79 Å². The highest BCUT2D eigenvalue weighted by molar-refractivity contribution is 6.01. The van der Waals surface area contributed by atoms with Gasteiger partial charge in [-0.15, -0.1) is 0 Å². The third kappa shape index (κ3) is 13.2. The maximum absolute atomic E-state index is 13.6. The summed E-state index contributed by atoms with van der Waals surface area (Å²) in [7, 11) is 1.63. The highest BCUT2D eigenvalue weighted by atomic mass is 19.4. The Hall–Kier alpha value is -5.65. The van der Waals surface area contributed by atoms with Crippen molar-refractivity contribution in [2.75, 3.05) is 7.11 Å². The van der Waals surface area contributed by atoms with Crippen LogP contribution < -0.4 is 30.6 Å². The lowest BCUT2D eigenvalue weighted by Gasteiger charge is -2.19. The summed E-state index contributed by atoms with van der Waals surface area (Å²) < 4.78 is 74.0. The number of esters is 1.